The number of aliphatic hydroxyl groups is 1. The minimum Gasteiger partial charge on any atom is -0.388 e. The Labute approximate surface area is 119 Å². The van der Waals surface area contributed by atoms with Gasteiger partial charge in [-0.1, -0.05) is 30.3 Å². The van der Waals surface area contributed by atoms with Crippen molar-refractivity contribution in [3.8, 4) is 0 Å². The van der Waals surface area contributed by atoms with Gasteiger partial charge in [0.15, 0.2) is 0 Å². The lowest BCUT2D eigenvalue weighted by Gasteiger charge is -2.23. The molecule has 0 radical (unpaired) electrons. The van der Waals surface area contributed by atoms with Gasteiger partial charge in [-0.15, -0.1) is 0 Å². The number of halogens is 1. The summed E-state index contributed by atoms with van der Waals surface area (Å²) in [6, 6.07) is 12.1. The van der Waals surface area contributed by atoms with E-state index >= 15 is 0 Å². The summed E-state index contributed by atoms with van der Waals surface area (Å²) in [6.07, 6.45) is -0.808. The van der Waals surface area contributed by atoms with Gasteiger partial charge in [0.05, 0.1) is 6.10 Å². The van der Waals surface area contributed by atoms with Crippen LogP contribution in [-0.2, 0) is 0 Å². The molecule has 2 atom stereocenters. The Kier molecular flexibility index (Phi) is 4.53. The summed E-state index contributed by atoms with van der Waals surface area (Å²) >= 11 is 0. The normalized spacial score (nSPS) is 14.1. The Morgan fingerprint density at radius 1 is 1.05 bits per heavy atom. The molecule has 2 aromatic rings. The molecule has 0 bridgehead atoms. The Balaban J connectivity index is 2.33. The lowest BCUT2D eigenvalue weighted by molar-refractivity contribution is 0.147. The second-order valence-electron chi connectivity index (χ2n) is 5.19. The van der Waals surface area contributed by atoms with E-state index in [9.17, 15) is 9.50 Å². The first-order valence-electron chi connectivity index (χ1n) is 6.73. The third-order valence-electron chi connectivity index (χ3n) is 3.78. The first-order chi connectivity index (χ1) is 9.52. The van der Waals surface area contributed by atoms with Crippen molar-refractivity contribution in [2.75, 3.05) is 6.54 Å². The smallest absolute Gasteiger partial charge is 0.123 e. The molecule has 3 N–H and O–H groups in total. The summed E-state index contributed by atoms with van der Waals surface area (Å²) < 4.78 is 13.3. The van der Waals surface area contributed by atoms with Crippen molar-refractivity contribution < 1.29 is 9.50 Å². The number of rotatable bonds is 4. The number of hydrogen-bond acceptors (Lipinski definition) is 2. The van der Waals surface area contributed by atoms with Crippen molar-refractivity contribution in [3.05, 3.63) is 70.5 Å². The fourth-order valence-corrected chi connectivity index (χ4v) is 2.37. The highest BCUT2D eigenvalue weighted by Crippen LogP contribution is 2.31. The molecule has 0 amide bonds. The van der Waals surface area contributed by atoms with Gasteiger partial charge in [0.25, 0.3) is 0 Å². The first-order valence-corrected chi connectivity index (χ1v) is 6.73. The minimum absolute atomic E-state index is 0.240. The average molecular weight is 273 g/mol. The van der Waals surface area contributed by atoms with Crippen LogP contribution < -0.4 is 5.73 Å². The number of benzene rings is 2. The molecule has 0 fully saturated rings. The number of nitrogens with two attached hydrogens (primary N) is 1. The van der Waals surface area contributed by atoms with E-state index in [1.807, 2.05) is 32.0 Å². The summed E-state index contributed by atoms with van der Waals surface area (Å²) in [7, 11) is 0. The molecule has 0 saturated heterocycles. The zero-order valence-electron chi connectivity index (χ0n) is 11.8. The quantitative estimate of drug-likeness (QED) is 0.898. The topological polar surface area (TPSA) is 46.2 Å². The van der Waals surface area contributed by atoms with E-state index in [4.69, 9.17) is 5.73 Å². The molecular formula is C17H20FNO. The van der Waals surface area contributed by atoms with Crippen molar-refractivity contribution in [2.24, 2.45) is 5.73 Å². The lowest BCUT2D eigenvalue weighted by Crippen LogP contribution is -2.20. The maximum Gasteiger partial charge on any atom is 0.123 e. The summed E-state index contributed by atoms with van der Waals surface area (Å²) in [6.45, 7) is 4.38. The number of aliphatic hydroxyl groups excluding tert-OH is 1. The van der Waals surface area contributed by atoms with E-state index < -0.39 is 6.10 Å². The predicted octanol–water partition coefficient (Wildman–Crippen LogP) is 3.22. The summed E-state index contributed by atoms with van der Waals surface area (Å²) in [5.41, 5.74) is 9.71. The molecule has 0 heterocycles. The molecule has 2 nitrogen and oxygen atoms in total. The molecular weight excluding hydrogens is 253 g/mol. The molecule has 0 aliphatic heterocycles. The first kappa shape index (κ1) is 14.7. The predicted molar refractivity (Wildman–Crippen MR) is 79.1 cm³/mol. The van der Waals surface area contributed by atoms with E-state index in [-0.39, 0.29) is 11.7 Å². The van der Waals surface area contributed by atoms with Gasteiger partial charge in [0, 0.05) is 12.5 Å². The van der Waals surface area contributed by atoms with Crippen LogP contribution in [0.3, 0.4) is 0 Å². The molecule has 0 aliphatic carbocycles. The van der Waals surface area contributed by atoms with Crippen LogP contribution in [0.15, 0.2) is 42.5 Å². The van der Waals surface area contributed by atoms with Crippen molar-refractivity contribution in [1.29, 1.82) is 0 Å². The van der Waals surface area contributed by atoms with Gasteiger partial charge in [-0.3, -0.25) is 0 Å². The van der Waals surface area contributed by atoms with Gasteiger partial charge in [0.2, 0.25) is 0 Å². The second kappa shape index (κ2) is 6.16. The van der Waals surface area contributed by atoms with Crippen LogP contribution in [0.4, 0.5) is 4.39 Å². The van der Waals surface area contributed by atoms with E-state index in [0.29, 0.717) is 12.1 Å². The summed E-state index contributed by atoms with van der Waals surface area (Å²) in [4.78, 5) is 0. The van der Waals surface area contributed by atoms with E-state index in [2.05, 4.69) is 0 Å². The van der Waals surface area contributed by atoms with Crippen LogP contribution in [0.1, 0.15) is 34.3 Å². The highest BCUT2D eigenvalue weighted by atomic mass is 19.1. The summed E-state index contributed by atoms with van der Waals surface area (Å²) in [5.74, 6) is -0.589. The Morgan fingerprint density at radius 2 is 1.80 bits per heavy atom. The maximum atomic E-state index is 13.3. The summed E-state index contributed by atoms with van der Waals surface area (Å²) in [5, 5.41) is 10.5. The van der Waals surface area contributed by atoms with Gasteiger partial charge in [-0.2, -0.15) is 0 Å². The van der Waals surface area contributed by atoms with Crippen LogP contribution in [0.5, 0.6) is 0 Å². The molecule has 2 rings (SSSR count). The molecule has 3 heteroatoms. The van der Waals surface area contributed by atoms with Gasteiger partial charge in [-0.05, 0) is 48.2 Å². The maximum absolute atomic E-state index is 13.3. The highest BCUT2D eigenvalue weighted by molar-refractivity contribution is 5.34. The van der Waals surface area contributed by atoms with Gasteiger partial charge in [-0.25, -0.2) is 4.39 Å². The van der Waals surface area contributed by atoms with Crippen LogP contribution in [0.2, 0.25) is 0 Å². The standard InChI is InChI=1S/C17H20FNO/c1-11-6-7-13(8-12(11)2)16(10-19)17(20)14-4-3-5-15(18)9-14/h3-9,16-17,20H,10,19H2,1-2H3. The highest BCUT2D eigenvalue weighted by Gasteiger charge is 2.22. The van der Waals surface area contributed by atoms with Crippen molar-refractivity contribution >= 4 is 0 Å². The molecule has 20 heavy (non-hydrogen) atoms. The largest absolute Gasteiger partial charge is 0.388 e. The number of hydrogen-bond donors (Lipinski definition) is 2. The zero-order valence-corrected chi connectivity index (χ0v) is 11.8. The number of aryl methyl sites for hydroxylation is 2. The molecule has 0 saturated carbocycles. The van der Waals surface area contributed by atoms with Gasteiger partial charge in [0.1, 0.15) is 5.82 Å². The third-order valence-corrected chi connectivity index (χ3v) is 3.78. The van der Waals surface area contributed by atoms with Crippen LogP contribution in [0, 0.1) is 19.7 Å². The van der Waals surface area contributed by atoms with Crippen molar-refractivity contribution in [1.82, 2.24) is 0 Å². The SMILES string of the molecule is Cc1ccc(C(CN)C(O)c2cccc(F)c2)cc1C. The monoisotopic (exact) mass is 273 g/mol. The Bertz CT molecular complexity index is 597. The lowest BCUT2D eigenvalue weighted by atomic mass is 9.88. The van der Waals surface area contributed by atoms with E-state index in [1.54, 1.807) is 12.1 Å². The average Bonchev–Trinajstić information content (AvgIpc) is 2.43. The second-order valence-corrected chi connectivity index (χ2v) is 5.19. The Morgan fingerprint density at radius 3 is 2.40 bits per heavy atom. The zero-order chi connectivity index (χ0) is 14.7. The fourth-order valence-electron chi connectivity index (χ4n) is 2.37. The molecule has 106 valence electrons. The molecule has 0 spiro atoms. The molecule has 0 aromatic heterocycles. The van der Waals surface area contributed by atoms with Crippen LogP contribution in [0.25, 0.3) is 0 Å². The minimum atomic E-state index is -0.808. The van der Waals surface area contributed by atoms with Crippen LogP contribution >= 0.6 is 0 Å². The van der Waals surface area contributed by atoms with Crippen LogP contribution in [-0.4, -0.2) is 11.7 Å². The Hall–Kier alpha value is -1.71. The van der Waals surface area contributed by atoms with Crippen molar-refractivity contribution in [3.63, 3.8) is 0 Å². The molecule has 2 unspecified atom stereocenters. The van der Waals surface area contributed by atoms with Gasteiger partial charge >= 0.3 is 0 Å². The molecule has 0 aliphatic rings. The molecule has 2 aromatic carbocycles. The van der Waals surface area contributed by atoms with E-state index in [0.717, 1.165) is 11.1 Å². The third kappa shape index (κ3) is 3.06. The van der Waals surface area contributed by atoms with Crippen molar-refractivity contribution in [2.45, 2.75) is 25.9 Å². The van der Waals surface area contributed by atoms with Gasteiger partial charge < -0.3 is 10.8 Å². The fraction of sp³-hybridized carbons (Fsp3) is 0.294. The van der Waals surface area contributed by atoms with E-state index in [1.165, 1.54) is 17.7 Å².